The third kappa shape index (κ3) is 3.64. The average molecular weight is 307 g/mol. The lowest BCUT2D eigenvalue weighted by atomic mass is 10.1. The second-order valence-electron chi connectivity index (χ2n) is 3.74. The first kappa shape index (κ1) is 14.2. The Labute approximate surface area is 116 Å². The molecule has 0 saturated heterocycles. The zero-order chi connectivity index (χ0) is 13.3. The highest BCUT2D eigenvalue weighted by Crippen LogP contribution is 2.51. The largest absolute Gasteiger partial charge is 0.313 e. The second-order valence-corrected chi connectivity index (χ2v) is 7.32. The number of allylic oxidation sites excluding steroid dienone is 1. The quantitative estimate of drug-likeness (QED) is 0.802. The van der Waals surface area contributed by atoms with Gasteiger partial charge in [-0.15, -0.1) is 0 Å². The van der Waals surface area contributed by atoms with E-state index in [4.69, 9.17) is 0 Å². The van der Waals surface area contributed by atoms with Crippen LogP contribution in [0.4, 0.5) is 0 Å². The minimum atomic E-state index is -4.39. The van der Waals surface area contributed by atoms with Gasteiger partial charge in [0, 0.05) is 9.81 Å². The minimum Gasteiger partial charge on any atom is -0.183 e. The van der Waals surface area contributed by atoms with Gasteiger partial charge in [-0.25, -0.2) is 0 Å². The van der Waals surface area contributed by atoms with Crippen molar-refractivity contribution < 1.29 is 28.5 Å². The number of hydrogen-bond donors (Lipinski definition) is 0. The van der Waals surface area contributed by atoms with Crippen LogP contribution in [0.5, 0.6) is 0 Å². The fourth-order valence-corrected chi connectivity index (χ4v) is 4.85. The maximum atomic E-state index is 10.5. The monoisotopic (exact) mass is 306 g/mol. The van der Waals surface area contributed by atoms with E-state index < -0.39 is 15.0 Å². The Morgan fingerprint density at radius 3 is 2.22 bits per heavy atom. The minimum absolute atomic E-state index is 0.731. The van der Waals surface area contributed by atoms with Gasteiger partial charge in [0.25, 0.3) is 0 Å². The predicted octanol–water partition coefficient (Wildman–Crippen LogP) is 0.361. The molecule has 0 saturated carbocycles. The van der Waals surface area contributed by atoms with E-state index in [2.05, 4.69) is 4.29 Å². The van der Waals surface area contributed by atoms with Gasteiger partial charge in [0.15, 0.2) is 0 Å². The maximum Gasteiger partial charge on any atom is 0.313 e. The summed E-state index contributed by atoms with van der Waals surface area (Å²) in [7, 11) is -4.39. The molecule has 1 aromatic carbocycles. The molecule has 0 aromatic heterocycles. The van der Waals surface area contributed by atoms with Crippen molar-refractivity contribution in [2.45, 2.75) is 18.6 Å². The van der Waals surface area contributed by atoms with Crippen molar-refractivity contribution in [1.82, 2.24) is 0 Å². The lowest BCUT2D eigenvalue weighted by Crippen LogP contribution is -2.61. The van der Waals surface area contributed by atoms with E-state index in [1.165, 1.54) is 23.5 Å². The van der Waals surface area contributed by atoms with E-state index >= 15 is 0 Å². The summed E-state index contributed by atoms with van der Waals surface area (Å²) < 4.78 is 35.3. The van der Waals surface area contributed by atoms with Crippen LogP contribution in [0.25, 0.3) is 4.91 Å². The van der Waals surface area contributed by atoms with Crippen LogP contribution in [-0.4, -0.2) is 4.77 Å². The maximum absolute atomic E-state index is 10.5. The van der Waals surface area contributed by atoms with Crippen LogP contribution in [0.15, 0.2) is 29.2 Å². The number of thioether (sulfide) groups is 2. The average Bonchev–Trinajstić information content (AvgIpc) is 2.58. The smallest absolute Gasteiger partial charge is 0.183 e. The van der Waals surface area contributed by atoms with E-state index in [1.54, 1.807) is 0 Å². The number of hydrogen-bond acceptors (Lipinski definition) is 6. The Balaban J connectivity index is 2.11. The summed E-state index contributed by atoms with van der Waals surface area (Å²) in [6, 6.07) is 7.90. The van der Waals surface area contributed by atoms with E-state index in [9.17, 15) is 14.0 Å². The van der Waals surface area contributed by atoms with Crippen molar-refractivity contribution in [3.05, 3.63) is 40.3 Å². The number of halogens is 1. The molecule has 18 heavy (non-hydrogen) atoms. The highest BCUT2D eigenvalue weighted by atomic mass is 35.7. The molecule has 7 heteroatoms. The van der Waals surface area contributed by atoms with Crippen molar-refractivity contribution in [2.24, 2.45) is 0 Å². The molecule has 1 atom stereocenters. The fourth-order valence-electron chi connectivity index (χ4n) is 1.50. The van der Waals surface area contributed by atoms with Crippen LogP contribution < -0.4 is 14.0 Å². The third-order valence-corrected chi connectivity index (χ3v) is 5.53. The Bertz CT molecular complexity index is 467. The second kappa shape index (κ2) is 5.42. The molecule has 0 fully saturated rings. The van der Waals surface area contributed by atoms with Crippen molar-refractivity contribution in [1.29, 1.82) is 0 Å². The Morgan fingerprint density at radius 2 is 1.67 bits per heavy atom. The third-order valence-electron chi connectivity index (χ3n) is 2.30. The molecule has 0 radical (unpaired) electrons. The van der Waals surface area contributed by atoms with Crippen molar-refractivity contribution in [3.63, 3.8) is 0 Å². The molecule has 1 unspecified atom stereocenters. The summed E-state index contributed by atoms with van der Waals surface area (Å²) in [6.07, 6.45) is 0. The summed E-state index contributed by atoms with van der Waals surface area (Å²) in [4.78, 5) is 1.90. The van der Waals surface area contributed by atoms with E-state index in [1.807, 2.05) is 38.1 Å². The van der Waals surface area contributed by atoms with Crippen LogP contribution in [0.1, 0.15) is 18.1 Å². The van der Waals surface area contributed by atoms with Gasteiger partial charge in [-0.2, -0.15) is 14.0 Å². The first-order valence-corrected chi connectivity index (χ1v) is 8.05. The fraction of sp³-hybridized carbons (Fsp3) is 0.273. The van der Waals surface area contributed by atoms with Crippen LogP contribution >= 0.6 is 23.5 Å². The number of rotatable bonds is 3. The van der Waals surface area contributed by atoms with Crippen LogP contribution in [0.2, 0.25) is 0 Å². The lowest BCUT2D eigenvalue weighted by Gasteiger charge is -2.14. The Hall–Kier alpha value is -0.210. The topological polar surface area (TPSA) is 78.4 Å². The van der Waals surface area contributed by atoms with Gasteiger partial charge >= 0.3 is 4.77 Å². The highest BCUT2D eigenvalue weighted by molar-refractivity contribution is 8.26. The van der Waals surface area contributed by atoms with Gasteiger partial charge in [-0.1, -0.05) is 53.4 Å². The molecule has 0 bridgehead atoms. The molecule has 1 heterocycles. The molecule has 0 aliphatic carbocycles. The van der Waals surface area contributed by atoms with Gasteiger partial charge in [0.1, 0.15) is 0 Å². The van der Waals surface area contributed by atoms with E-state index in [0.29, 0.717) is 0 Å². The molecule has 0 amide bonds. The highest BCUT2D eigenvalue weighted by Gasteiger charge is 2.36. The lowest BCUT2D eigenvalue weighted by molar-refractivity contribution is -1.92. The van der Waals surface area contributed by atoms with Crippen molar-refractivity contribution in [2.75, 3.05) is 0 Å². The summed E-state index contributed by atoms with van der Waals surface area (Å²) in [5.41, 5.74) is 2.16. The standard InChI is InChI=1S/C11H11ClO4S2/c1-7-3-5-9(6-4-7)10-8(2)17-11(18-10)16-12(13,14)15/h3-6,11H,1-2H3. The van der Waals surface area contributed by atoms with Crippen molar-refractivity contribution in [3.8, 4) is 0 Å². The molecular weight excluding hydrogens is 296 g/mol. The SMILES string of the molecule is CC1=C(c2ccc(C)cc2)SC(O[Cl+3]([O-])([O-])[O-])S1. The Kier molecular flexibility index (Phi) is 4.28. The molecule has 4 nitrogen and oxygen atoms in total. The summed E-state index contributed by atoms with van der Waals surface area (Å²) >= 11 is 2.47. The first-order chi connectivity index (χ1) is 8.35. The zero-order valence-corrected chi connectivity index (χ0v) is 12.1. The molecule has 1 aliphatic heterocycles. The first-order valence-electron chi connectivity index (χ1n) is 5.05. The van der Waals surface area contributed by atoms with Crippen molar-refractivity contribution >= 4 is 28.4 Å². The molecule has 98 valence electrons. The summed E-state index contributed by atoms with van der Waals surface area (Å²) in [6.45, 7) is 3.88. The van der Waals surface area contributed by atoms with Gasteiger partial charge in [0.05, 0.1) is 14.5 Å². The molecule has 1 aliphatic rings. The predicted molar refractivity (Wildman–Crippen MR) is 63.8 cm³/mol. The van der Waals surface area contributed by atoms with Crippen LogP contribution in [0, 0.1) is 17.2 Å². The Morgan fingerprint density at radius 1 is 1.06 bits per heavy atom. The molecule has 0 N–H and O–H groups in total. The van der Waals surface area contributed by atoms with Gasteiger partial charge in [0.2, 0.25) is 0 Å². The zero-order valence-electron chi connectivity index (χ0n) is 9.71. The van der Waals surface area contributed by atoms with Crippen LogP contribution in [-0.2, 0) is 4.29 Å². The molecule has 0 spiro atoms. The van der Waals surface area contributed by atoms with Gasteiger partial charge < -0.3 is 0 Å². The van der Waals surface area contributed by atoms with Crippen LogP contribution in [0.3, 0.4) is 0 Å². The number of aryl methyl sites for hydroxylation is 1. The summed E-state index contributed by atoms with van der Waals surface area (Å²) in [5, 5.41) is 0. The van der Waals surface area contributed by atoms with Gasteiger partial charge in [-0.3, -0.25) is 0 Å². The normalized spacial score (nSPS) is 20.6. The molecule has 2 rings (SSSR count). The van der Waals surface area contributed by atoms with E-state index in [-0.39, 0.29) is 0 Å². The molecule has 1 aromatic rings. The van der Waals surface area contributed by atoms with Gasteiger partial charge in [-0.05, 0) is 19.4 Å². The number of benzene rings is 1. The van der Waals surface area contributed by atoms with E-state index in [0.717, 1.165) is 20.9 Å². The molecular formula is C11H11ClO4S2. The summed E-state index contributed by atoms with van der Waals surface area (Å²) in [5.74, 6) is 0.